The van der Waals surface area contributed by atoms with Crippen LogP contribution in [0.15, 0.2) is 24.3 Å². The van der Waals surface area contributed by atoms with Crippen molar-refractivity contribution in [2.75, 3.05) is 12.9 Å². The van der Waals surface area contributed by atoms with Crippen molar-refractivity contribution in [2.24, 2.45) is 11.8 Å². The third kappa shape index (κ3) is 12.3. The average molecular weight is 462 g/mol. The second-order valence-corrected chi connectivity index (χ2v) is 10.0. The van der Waals surface area contributed by atoms with Crippen LogP contribution in [0.25, 0.3) is 0 Å². The summed E-state index contributed by atoms with van der Waals surface area (Å²) in [5, 5.41) is 30.6. The number of amides is 1. The lowest BCUT2D eigenvalue weighted by Gasteiger charge is -2.19. The third-order valence-corrected chi connectivity index (χ3v) is 5.95. The smallest absolute Gasteiger partial charge is 0.420 e. The van der Waals surface area contributed by atoms with Gasteiger partial charge in [-0.2, -0.15) is 0 Å². The normalized spacial score (nSPS) is 25.3. The topological polar surface area (TPSA) is 133 Å². The summed E-state index contributed by atoms with van der Waals surface area (Å²) >= 11 is 0. The Hall–Kier alpha value is -1.42. The lowest BCUT2D eigenvalue weighted by molar-refractivity contribution is 0.120. The van der Waals surface area contributed by atoms with Gasteiger partial charge in [0.05, 0.1) is 31.2 Å². The minimum atomic E-state index is -3.61. The predicted molar refractivity (Wildman–Crippen MR) is 120 cm³/mol. The van der Waals surface area contributed by atoms with Gasteiger partial charge in [0.1, 0.15) is 0 Å². The highest BCUT2D eigenvalue weighted by atomic mass is 32.2. The van der Waals surface area contributed by atoms with Crippen molar-refractivity contribution in [3.8, 4) is 0 Å². The number of aliphatic hydroxyl groups is 3. The molecule has 180 valence electrons. The minimum Gasteiger partial charge on any atom is -0.449 e. The fourth-order valence-corrected chi connectivity index (χ4v) is 4.11. The molecular weight excluding hydrogens is 422 g/mol. The van der Waals surface area contributed by atoms with E-state index >= 15 is 0 Å². The maximum Gasteiger partial charge on any atom is 0.420 e. The molecular formula is C22H39NO7S. The Morgan fingerprint density at radius 3 is 2.58 bits per heavy atom. The first-order valence-corrected chi connectivity index (χ1v) is 13.0. The van der Waals surface area contributed by atoms with E-state index in [0.717, 1.165) is 38.4 Å². The van der Waals surface area contributed by atoms with Crippen molar-refractivity contribution in [3.05, 3.63) is 24.3 Å². The molecule has 1 amide bonds. The number of hydrogen-bond acceptors (Lipinski definition) is 7. The molecule has 0 aliphatic heterocycles. The summed E-state index contributed by atoms with van der Waals surface area (Å²) in [6.45, 7) is 2.25. The van der Waals surface area contributed by atoms with Crippen molar-refractivity contribution < 1.29 is 33.3 Å². The molecule has 1 saturated carbocycles. The Morgan fingerprint density at radius 1 is 1.16 bits per heavy atom. The molecule has 1 aliphatic carbocycles. The van der Waals surface area contributed by atoms with Crippen LogP contribution in [0.4, 0.5) is 4.79 Å². The largest absolute Gasteiger partial charge is 0.449 e. The summed E-state index contributed by atoms with van der Waals surface area (Å²) in [4.78, 5) is 11.2. The minimum absolute atomic E-state index is 0.0895. The van der Waals surface area contributed by atoms with E-state index < -0.39 is 34.4 Å². The number of hydrogen-bond donors (Lipinski definition) is 4. The number of allylic oxidation sites excluding steroid dienone is 2. The molecule has 4 N–H and O–H groups in total. The van der Waals surface area contributed by atoms with E-state index in [-0.39, 0.29) is 18.4 Å². The first-order chi connectivity index (χ1) is 14.6. The predicted octanol–water partition coefficient (Wildman–Crippen LogP) is 2.64. The Balaban J connectivity index is 2.32. The van der Waals surface area contributed by atoms with Gasteiger partial charge in [-0.05, 0) is 38.0 Å². The molecule has 0 bridgehead atoms. The molecule has 8 nitrogen and oxygen atoms in total. The SMILES string of the molecule is CCCCC[C@H](O)C=C[C@@H]1[C@@H](CC=CCCCCOC(=O)NS(C)(=O)=O)[C@@H](O)C[C@H]1O. The summed E-state index contributed by atoms with van der Waals surface area (Å²) in [6, 6.07) is 0. The maximum atomic E-state index is 11.2. The van der Waals surface area contributed by atoms with E-state index in [2.05, 4.69) is 6.92 Å². The first-order valence-electron chi connectivity index (χ1n) is 11.2. The van der Waals surface area contributed by atoms with Crippen molar-refractivity contribution >= 4 is 16.1 Å². The average Bonchev–Trinajstić information content (AvgIpc) is 2.93. The molecule has 9 heteroatoms. The zero-order valence-electron chi connectivity index (χ0n) is 18.7. The summed E-state index contributed by atoms with van der Waals surface area (Å²) in [5.74, 6) is -0.268. The van der Waals surface area contributed by atoms with Gasteiger partial charge in [-0.1, -0.05) is 50.5 Å². The molecule has 0 spiro atoms. The molecule has 0 radical (unpaired) electrons. The van der Waals surface area contributed by atoms with Crippen LogP contribution in [-0.4, -0.2) is 61.0 Å². The van der Waals surface area contributed by atoms with Crippen LogP contribution in [0.5, 0.6) is 0 Å². The fourth-order valence-electron chi connectivity index (χ4n) is 3.74. The van der Waals surface area contributed by atoms with Gasteiger partial charge < -0.3 is 20.1 Å². The van der Waals surface area contributed by atoms with Crippen LogP contribution < -0.4 is 4.72 Å². The van der Waals surface area contributed by atoms with Crippen LogP contribution in [-0.2, 0) is 14.8 Å². The van der Waals surface area contributed by atoms with Crippen molar-refractivity contribution in [1.82, 2.24) is 4.72 Å². The number of sulfonamides is 1. The molecule has 31 heavy (non-hydrogen) atoms. The molecule has 1 aliphatic rings. The van der Waals surface area contributed by atoms with Crippen LogP contribution in [0.2, 0.25) is 0 Å². The van der Waals surface area contributed by atoms with E-state index in [1.54, 1.807) is 10.8 Å². The highest BCUT2D eigenvalue weighted by Gasteiger charge is 2.39. The van der Waals surface area contributed by atoms with Crippen molar-refractivity contribution in [3.63, 3.8) is 0 Å². The Kier molecular flexibility index (Phi) is 13.0. The Labute approximate surface area is 186 Å². The lowest BCUT2D eigenvalue weighted by atomic mass is 9.89. The summed E-state index contributed by atoms with van der Waals surface area (Å²) < 4.78 is 28.3. The zero-order valence-corrected chi connectivity index (χ0v) is 19.5. The molecule has 0 aromatic carbocycles. The summed E-state index contributed by atoms with van der Waals surface area (Å²) in [7, 11) is -3.61. The van der Waals surface area contributed by atoms with Gasteiger partial charge in [-0.25, -0.2) is 17.9 Å². The van der Waals surface area contributed by atoms with Crippen molar-refractivity contribution in [1.29, 1.82) is 0 Å². The van der Waals surface area contributed by atoms with Gasteiger partial charge in [0.2, 0.25) is 10.0 Å². The molecule has 0 heterocycles. The summed E-state index contributed by atoms with van der Waals surface area (Å²) in [5.41, 5.74) is 0. The lowest BCUT2D eigenvalue weighted by Crippen LogP contribution is -2.30. The van der Waals surface area contributed by atoms with Crippen LogP contribution in [0.3, 0.4) is 0 Å². The molecule has 1 fully saturated rings. The van der Waals surface area contributed by atoms with Crippen LogP contribution >= 0.6 is 0 Å². The second kappa shape index (κ2) is 14.6. The zero-order chi connectivity index (χ0) is 23.3. The third-order valence-electron chi connectivity index (χ3n) is 5.42. The van der Waals surface area contributed by atoms with Gasteiger partial charge in [0, 0.05) is 12.3 Å². The van der Waals surface area contributed by atoms with Gasteiger partial charge in [0.15, 0.2) is 0 Å². The molecule has 0 unspecified atom stereocenters. The van der Waals surface area contributed by atoms with E-state index in [0.29, 0.717) is 25.7 Å². The molecule has 0 aromatic heterocycles. The highest BCUT2D eigenvalue weighted by Crippen LogP contribution is 2.36. The number of unbranched alkanes of at least 4 members (excludes halogenated alkanes) is 4. The number of rotatable bonds is 14. The van der Waals surface area contributed by atoms with Crippen LogP contribution in [0, 0.1) is 11.8 Å². The number of carbonyl (C=O) groups is 1. The maximum absolute atomic E-state index is 11.2. The Morgan fingerprint density at radius 2 is 1.90 bits per heavy atom. The number of nitrogens with one attached hydrogen (secondary N) is 1. The van der Waals surface area contributed by atoms with E-state index in [4.69, 9.17) is 4.74 Å². The molecule has 0 saturated heterocycles. The first kappa shape index (κ1) is 27.6. The van der Waals surface area contributed by atoms with Gasteiger partial charge in [0.25, 0.3) is 0 Å². The fraction of sp³-hybridized carbons (Fsp3) is 0.773. The second-order valence-electron chi connectivity index (χ2n) is 8.27. The monoisotopic (exact) mass is 461 g/mol. The number of carbonyl (C=O) groups excluding carboxylic acids is 1. The summed E-state index contributed by atoms with van der Waals surface area (Å²) in [6.07, 6.45) is 12.8. The Bertz CT molecular complexity index is 677. The van der Waals surface area contributed by atoms with E-state index in [9.17, 15) is 28.5 Å². The standard InChI is InChI=1S/C22H39NO7S/c1-3-4-8-11-17(24)13-14-19-18(20(25)16-21(19)26)12-9-6-5-7-10-15-30-22(27)23-31(2,28)29/h6,9,13-14,17-21,24-26H,3-5,7-8,10-12,15-16H2,1-2H3,(H,23,27)/t17-,18+,19+,20-,21+/m0/s1. The van der Waals surface area contributed by atoms with Gasteiger partial charge in [-0.3, -0.25) is 0 Å². The number of ether oxygens (including phenoxy) is 1. The quantitative estimate of drug-likeness (QED) is 0.231. The van der Waals surface area contributed by atoms with Crippen LogP contribution in [0.1, 0.15) is 64.7 Å². The molecule has 1 rings (SSSR count). The van der Waals surface area contributed by atoms with E-state index in [1.807, 2.05) is 18.2 Å². The van der Waals surface area contributed by atoms with E-state index in [1.165, 1.54) is 0 Å². The van der Waals surface area contributed by atoms with Gasteiger partial charge in [-0.15, -0.1) is 0 Å². The molecule has 0 aromatic rings. The van der Waals surface area contributed by atoms with Gasteiger partial charge >= 0.3 is 6.09 Å². The highest BCUT2D eigenvalue weighted by molar-refractivity contribution is 7.89. The van der Waals surface area contributed by atoms with Crippen molar-refractivity contribution in [2.45, 2.75) is 83.0 Å². The number of aliphatic hydroxyl groups excluding tert-OH is 3. The molecule has 5 atom stereocenters.